The molecule has 0 aromatic carbocycles. The number of nitrogens with one attached hydrogen (secondary N) is 1. The molecule has 0 aromatic rings. The fraction of sp³-hybridized carbons (Fsp3) is 0.976. The molecule has 7 atom stereocenters. The molecule has 322 valence electrons. The van der Waals surface area contributed by atoms with Crippen LogP contribution < -0.4 is 5.32 Å². The SMILES string of the molecule is CCCCCCCCCCCCCCCCCC(=O)NC(COC1OC(CO)C(O)C(OS(=O)(=O)O)C1O)C(O)CCCCCCCCCCCCCC. The van der Waals surface area contributed by atoms with Crippen LogP contribution in [-0.2, 0) is 28.9 Å². The summed E-state index contributed by atoms with van der Waals surface area (Å²) >= 11 is 0. The van der Waals surface area contributed by atoms with E-state index >= 15 is 0 Å². The van der Waals surface area contributed by atoms with Crippen LogP contribution in [-0.4, -0.2) is 95.4 Å². The predicted molar refractivity (Wildman–Crippen MR) is 213 cm³/mol. The average molecular weight is 796 g/mol. The Morgan fingerprint density at radius 1 is 0.667 bits per heavy atom. The first kappa shape index (κ1) is 51.1. The molecular weight excluding hydrogens is 715 g/mol. The van der Waals surface area contributed by atoms with Gasteiger partial charge in [-0.1, -0.05) is 181 Å². The second kappa shape index (κ2) is 33.1. The second-order valence-electron chi connectivity index (χ2n) is 15.6. The average Bonchev–Trinajstić information content (AvgIpc) is 3.14. The van der Waals surface area contributed by atoms with Crippen LogP contribution in [0, 0.1) is 0 Å². The molecule has 1 aliphatic heterocycles. The Morgan fingerprint density at radius 3 is 1.48 bits per heavy atom. The Bertz CT molecular complexity index is 988. The zero-order chi connectivity index (χ0) is 39.9. The van der Waals surface area contributed by atoms with Crippen molar-refractivity contribution >= 4 is 16.3 Å². The summed E-state index contributed by atoms with van der Waals surface area (Å²) in [5.74, 6) is -0.228. The molecule has 7 unspecified atom stereocenters. The maximum absolute atomic E-state index is 13.0. The standard InChI is InChI=1S/C41H81NO11S/c1-3-5-7-9-11-13-15-17-18-19-21-23-25-27-29-31-37(45)42-34(35(44)30-28-26-24-22-20-16-14-12-10-8-6-4-2)33-51-41-39(47)40(53-54(48,49)50)38(46)36(32-43)52-41/h34-36,38-41,43-44,46-47H,3-33H2,1-2H3,(H,42,45)(H,48,49,50). The van der Waals surface area contributed by atoms with E-state index in [1.165, 1.54) is 122 Å². The first-order chi connectivity index (χ1) is 26.0. The quantitative estimate of drug-likeness (QED) is 0.0265. The number of hydrogen-bond donors (Lipinski definition) is 6. The number of unbranched alkanes of at least 4 members (excludes halogenated alkanes) is 25. The van der Waals surface area contributed by atoms with Gasteiger partial charge in [0.25, 0.3) is 0 Å². The molecule has 1 amide bonds. The first-order valence-electron chi connectivity index (χ1n) is 21.9. The van der Waals surface area contributed by atoms with Gasteiger partial charge in [0.15, 0.2) is 6.29 Å². The van der Waals surface area contributed by atoms with Crippen LogP contribution in [0.1, 0.15) is 200 Å². The van der Waals surface area contributed by atoms with Crippen molar-refractivity contribution in [3.8, 4) is 0 Å². The fourth-order valence-corrected chi connectivity index (χ4v) is 7.73. The topological polar surface area (TPSA) is 192 Å². The Morgan fingerprint density at radius 2 is 1.07 bits per heavy atom. The van der Waals surface area contributed by atoms with Crippen LogP contribution in [0.3, 0.4) is 0 Å². The Kier molecular flexibility index (Phi) is 31.3. The van der Waals surface area contributed by atoms with Crippen LogP contribution >= 0.6 is 0 Å². The highest BCUT2D eigenvalue weighted by molar-refractivity contribution is 7.80. The minimum Gasteiger partial charge on any atom is -0.394 e. The van der Waals surface area contributed by atoms with Gasteiger partial charge in [-0.3, -0.25) is 9.35 Å². The molecular formula is C41H81NO11S. The lowest BCUT2D eigenvalue weighted by atomic mass is 9.99. The minimum atomic E-state index is -5.07. The summed E-state index contributed by atoms with van der Waals surface area (Å²) in [6.45, 7) is 3.43. The number of aliphatic hydroxyl groups is 4. The molecule has 12 nitrogen and oxygen atoms in total. The zero-order valence-corrected chi connectivity index (χ0v) is 34.9. The summed E-state index contributed by atoms with van der Waals surface area (Å²) in [5.41, 5.74) is 0. The number of aliphatic hydroxyl groups excluding tert-OH is 4. The van der Waals surface area contributed by atoms with E-state index in [1.54, 1.807) is 0 Å². The van der Waals surface area contributed by atoms with Crippen molar-refractivity contribution < 1.29 is 51.8 Å². The summed E-state index contributed by atoms with van der Waals surface area (Å²) in [4.78, 5) is 13.0. The van der Waals surface area contributed by atoms with E-state index < -0.39 is 59.9 Å². The third-order valence-corrected chi connectivity index (χ3v) is 11.1. The van der Waals surface area contributed by atoms with Crippen molar-refractivity contribution in [3.05, 3.63) is 0 Å². The molecule has 0 radical (unpaired) electrons. The van der Waals surface area contributed by atoms with Crippen molar-refractivity contribution in [2.45, 2.75) is 243 Å². The number of hydrogen-bond acceptors (Lipinski definition) is 10. The third-order valence-electron chi connectivity index (χ3n) is 10.7. The van der Waals surface area contributed by atoms with E-state index in [1.807, 2.05) is 0 Å². The van der Waals surface area contributed by atoms with Gasteiger partial charge in [-0.2, -0.15) is 8.42 Å². The van der Waals surface area contributed by atoms with Crippen LogP contribution in [0.25, 0.3) is 0 Å². The van der Waals surface area contributed by atoms with Crippen LogP contribution in [0.15, 0.2) is 0 Å². The van der Waals surface area contributed by atoms with Crippen molar-refractivity contribution in [1.82, 2.24) is 5.32 Å². The number of carbonyl (C=O) groups excluding carboxylic acids is 1. The van der Waals surface area contributed by atoms with Crippen molar-refractivity contribution in [2.75, 3.05) is 13.2 Å². The molecule has 54 heavy (non-hydrogen) atoms. The minimum absolute atomic E-state index is 0.228. The molecule has 0 aromatic heterocycles. The summed E-state index contributed by atoms with van der Waals surface area (Å²) in [7, 11) is -5.07. The number of carbonyl (C=O) groups is 1. The molecule has 1 aliphatic rings. The molecule has 1 heterocycles. The van der Waals surface area contributed by atoms with Gasteiger partial charge < -0.3 is 35.2 Å². The van der Waals surface area contributed by atoms with Gasteiger partial charge in [-0.05, 0) is 12.8 Å². The van der Waals surface area contributed by atoms with E-state index in [2.05, 4.69) is 23.3 Å². The van der Waals surface area contributed by atoms with E-state index in [0.29, 0.717) is 12.8 Å². The fourth-order valence-electron chi connectivity index (χ4n) is 7.22. The normalized spacial score (nSPS) is 21.6. The third kappa shape index (κ3) is 26.1. The van der Waals surface area contributed by atoms with Gasteiger partial charge >= 0.3 is 10.4 Å². The number of amides is 1. The molecule has 0 saturated carbocycles. The van der Waals surface area contributed by atoms with E-state index in [0.717, 1.165) is 51.4 Å². The molecule has 13 heteroatoms. The Labute approximate surface area is 328 Å². The molecule has 0 aliphatic carbocycles. The number of ether oxygens (including phenoxy) is 2. The van der Waals surface area contributed by atoms with Crippen LogP contribution in [0.5, 0.6) is 0 Å². The highest BCUT2D eigenvalue weighted by atomic mass is 32.3. The Balaban J connectivity index is 2.52. The summed E-state index contributed by atoms with van der Waals surface area (Å²) in [6.07, 6.45) is 23.9. The van der Waals surface area contributed by atoms with E-state index in [4.69, 9.17) is 14.0 Å². The maximum atomic E-state index is 13.0. The molecule has 1 saturated heterocycles. The maximum Gasteiger partial charge on any atom is 0.397 e. The lowest BCUT2D eigenvalue weighted by Crippen LogP contribution is -2.61. The summed E-state index contributed by atoms with van der Waals surface area (Å²) < 4.78 is 47.5. The van der Waals surface area contributed by atoms with Crippen LogP contribution in [0.2, 0.25) is 0 Å². The molecule has 1 rings (SSSR count). The predicted octanol–water partition coefficient (Wildman–Crippen LogP) is 7.83. The zero-order valence-electron chi connectivity index (χ0n) is 34.1. The molecule has 1 fully saturated rings. The van der Waals surface area contributed by atoms with Gasteiger partial charge in [0.2, 0.25) is 5.91 Å². The number of rotatable bonds is 37. The van der Waals surface area contributed by atoms with Gasteiger partial charge in [0, 0.05) is 6.42 Å². The van der Waals surface area contributed by atoms with E-state index in [-0.39, 0.29) is 12.5 Å². The smallest absolute Gasteiger partial charge is 0.394 e. The highest BCUT2D eigenvalue weighted by Crippen LogP contribution is 2.26. The lowest BCUT2D eigenvalue weighted by molar-refractivity contribution is -0.298. The van der Waals surface area contributed by atoms with Gasteiger partial charge in [-0.25, -0.2) is 4.18 Å². The lowest BCUT2D eigenvalue weighted by Gasteiger charge is -2.41. The van der Waals surface area contributed by atoms with Crippen molar-refractivity contribution in [2.24, 2.45) is 0 Å². The van der Waals surface area contributed by atoms with Crippen molar-refractivity contribution in [1.29, 1.82) is 0 Å². The first-order valence-corrected chi connectivity index (χ1v) is 23.3. The van der Waals surface area contributed by atoms with Gasteiger partial charge in [0.1, 0.15) is 24.4 Å². The van der Waals surface area contributed by atoms with Gasteiger partial charge in [0.05, 0.1) is 25.4 Å². The van der Waals surface area contributed by atoms with Crippen LogP contribution in [0.4, 0.5) is 0 Å². The Hall–Kier alpha value is -0.900. The summed E-state index contributed by atoms with van der Waals surface area (Å²) in [5, 5.41) is 44.7. The molecule has 6 N–H and O–H groups in total. The molecule has 0 bridgehead atoms. The van der Waals surface area contributed by atoms with Crippen molar-refractivity contribution in [3.63, 3.8) is 0 Å². The largest absolute Gasteiger partial charge is 0.397 e. The second-order valence-corrected chi connectivity index (χ2v) is 16.7. The van der Waals surface area contributed by atoms with Gasteiger partial charge in [-0.15, -0.1) is 0 Å². The highest BCUT2D eigenvalue weighted by Gasteiger charge is 2.48. The summed E-state index contributed by atoms with van der Waals surface area (Å²) in [6, 6.07) is -0.849. The van der Waals surface area contributed by atoms with E-state index in [9.17, 15) is 33.6 Å². The monoisotopic (exact) mass is 796 g/mol. The molecule has 0 spiro atoms.